The van der Waals surface area contributed by atoms with Gasteiger partial charge < -0.3 is 21.7 Å². The zero-order chi connectivity index (χ0) is 15.5. The molecule has 0 bridgehead atoms. The number of aliphatic carboxylic acids is 2. The Bertz CT molecular complexity index is 291. The molecule has 1 aliphatic rings. The average molecular weight is 288 g/mol. The summed E-state index contributed by atoms with van der Waals surface area (Å²) < 4.78 is 0. The van der Waals surface area contributed by atoms with E-state index in [4.69, 9.17) is 15.9 Å². The lowest BCUT2D eigenvalue weighted by Crippen LogP contribution is -2.32. The molecule has 118 valence electrons. The zero-order valence-corrected chi connectivity index (χ0v) is 12.3. The fraction of sp³-hybridized carbons (Fsp3) is 0.857. The molecule has 0 aromatic rings. The van der Waals surface area contributed by atoms with E-state index in [2.05, 4.69) is 12.7 Å². The van der Waals surface area contributed by atoms with Gasteiger partial charge in [0.25, 0.3) is 0 Å². The van der Waals surface area contributed by atoms with Crippen LogP contribution in [0.2, 0.25) is 0 Å². The monoisotopic (exact) mass is 288 g/mol. The van der Waals surface area contributed by atoms with Crippen LogP contribution in [0.3, 0.4) is 0 Å². The van der Waals surface area contributed by atoms with Crippen LogP contribution in [0.4, 0.5) is 0 Å². The standard InChI is InChI=1S/C12H23NO2.C2H5NO2/c1-9(8-11(13)12(14)15)7-10-5-3-2-4-6-10;3-1-2(4)5/h9-11H,2-8,13H2,1H3,(H,14,15);1,3H2,(H,4,5)/t9?,11-;/m0./s1. The SMILES string of the molecule is CC(CC1CCCCC1)C[C@H](N)C(=O)O.NCC(=O)O. The lowest BCUT2D eigenvalue weighted by atomic mass is 9.82. The van der Waals surface area contributed by atoms with Gasteiger partial charge in [0.15, 0.2) is 0 Å². The van der Waals surface area contributed by atoms with E-state index in [1.54, 1.807) is 0 Å². The summed E-state index contributed by atoms with van der Waals surface area (Å²) in [6.07, 6.45) is 8.50. The van der Waals surface area contributed by atoms with E-state index in [1.165, 1.54) is 32.1 Å². The van der Waals surface area contributed by atoms with Gasteiger partial charge in [-0.25, -0.2) is 0 Å². The molecule has 0 heterocycles. The first-order valence-electron chi connectivity index (χ1n) is 7.27. The molecule has 0 aromatic heterocycles. The van der Waals surface area contributed by atoms with Gasteiger partial charge in [0.05, 0.1) is 6.54 Å². The predicted molar refractivity (Wildman–Crippen MR) is 77.3 cm³/mol. The molecule has 1 fully saturated rings. The highest BCUT2D eigenvalue weighted by Crippen LogP contribution is 2.30. The van der Waals surface area contributed by atoms with E-state index in [1.807, 2.05) is 0 Å². The van der Waals surface area contributed by atoms with Gasteiger partial charge in [0.2, 0.25) is 0 Å². The Balaban J connectivity index is 0.000000621. The minimum absolute atomic E-state index is 0.278. The van der Waals surface area contributed by atoms with Crippen LogP contribution in [0, 0.1) is 11.8 Å². The van der Waals surface area contributed by atoms with Crippen LogP contribution in [0.15, 0.2) is 0 Å². The highest BCUT2D eigenvalue weighted by atomic mass is 16.4. The third kappa shape index (κ3) is 9.75. The van der Waals surface area contributed by atoms with E-state index in [-0.39, 0.29) is 6.54 Å². The van der Waals surface area contributed by atoms with Gasteiger partial charge in [-0.2, -0.15) is 0 Å². The van der Waals surface area contributed by atoms with Gasteiger partial charge in [0.1, 0.15) is 6.04 Å². The second-order valence-electron chi connectivity index (χ2n) is 5.62. The molecule has 1 rings (SSSR count). The molecular formula is C14H28N2O4. The molecule has 6 heteroatoms. The maximum Gasteiger partial charge on any atom is 0.320 e. The third-order valence-electron chi connectivity index (χ3n) is 3.61. The van der Waals surface area contributed by atoms with Crippen LogP contribution in [-0.2, 0) is 9.59 Å². The number of hydrogen-bond donors (Lipinski definition) is 4. The van der Waals surface area contributed by atoms with Crippen LogP contribution >= 0.6 is 0 Å². The van der Waals surface area contributed by atoms with Crippen molar-refractivity contribution in [1.29, 1.82) is 0 Å². The van der Waals surface area contributed by atoms with Gasteiger partial charge in [0, 0.05) is 0 Å². The van der Waals surface area contributed by atoms with Crippen LogP contribution in [-0.4, -0.2) is 34.7 Å². The predicted octanol–water partition coefficient (Wildman–Crippen LogP) is 1.42. The molecule has 20 heavy (non-hydrogen) atoms. The Labute approximate surface area is 120 Å². The smallest absolute Gasteiger partial charge is 0.320 e. The van der Waals surface area contributed by atoms with Crippen molar-refractivity contribution in [2.45, 2.75) is 57.9 Å². The molecule has 0 spiro atoms. The third-order valence-corrected chi connectivity index (χ3v) is 3.61. The zero-order valence-electron chi connectivity index (χ0n) is 12.3. The number of carboxylic acid groups (broad SMARTS) is 2. The van der Waals surface area contributed by atoms with Gasteiger partial charge in [-0.15, -0.1) is 0 Å². The van der Waals surface area contributed by atoms with Crippen molar-refractivity contribution in [2.24, 2.45) is 23.3 Å². The number of hydrogen-bond acceptors (Lipinski definition) is 4. The molecule has 0 amide bonds. The maximum atomic E-state index is 10.6. The molecule has 6 nitrogen and oxygen atoms in total. The van der Waals surface area contributed by atoms with Crippen molar-refractivity contribution in [3.05, 3.63) is 0 Å². The van der Waals surface area contributed by atoms with Crippen LogP contribution in [0.1, 0.15) is 51.9 Å². The Morgan fingerprint density at radius 1 is 1.20 bits per heavy atom. The Morgan fingerprint density at radius 3 is 2.10 bits per heavy atom. The van der Waals surface area contributed by atoms with Gasteiger partial charge in [-0.3, -0.25) is 9.59 Å². The first kappa shape index (κ1) is 18.9. The van der Waals surface area contributed by atoms with Gasteiger partial charge in [-0.05, 0) is 24.7 Å². The van der Waals surface area contributed by atoms with E-state index < -0.39 is 18.0 Å². The summed E-state index contributed by atoms with van der Waals surface area (Å²) in [5.74, 6) is -0.579. The molecule has 1 saturated carbocycles. The Morgan fingerprint density at radius 2 is 1.70 bits per heavy atom. The molecule has 2 atom stereocenters. The summed E-state index contributed by atoms with van der Waals surface area (Å²) in [6.45, 7) is 1.84. The highest BCUT2D eigenvalue weighted by molar-refractivity contribution is 5.73. The molecule has 6 N–H and O–H groups in total. The molecule has 1 unspecified atom stereocenters. The van der Waals surface area contributed by atoms with Crippen molar-refractivity contribution in [3.63, 3.8) is 0 Å². The average Bonchev–Trinajstić information content (AvgIpc) is 2.40. The maximum absolute atomic E-state index is 10.6. The number of nitrogens with two attached hydrogens (primary N) is 2. The number of rotatable bonds is 6. The summed E-state index contributed by atoms with van der Waals surface area (Å²) in [5, 5.41) is 16.3. The second-order valence-corrected chi connectivity index (χ2v) is 5.62. The molecule has 0 aliphatic heterocycles. The molecular weight excluding hydrogens is 260 g/mol. The molecule has 1 aliphatic carbocycles. The first-order valence-corrected chi connectivity index (χ1v) is 7.27. The molecule has 0 saturated heterocycles. The molecule has 0 aromatic carbocycles. The van der Waals surface area contributed by atoms with E-state index in [9.17, 15) is 9.59 Å². The lowest BCUT2D eigenvalue weighted by Gasteiger charge is -2.25. The van der Waals surface area contributed by atoms with Crippen LogP contribution in [0.25, 0.3) is 0 Å². The quantitative estimate of drug-likeness (QED) is 0.585. The normalized spacial score (nSPS) is 18.6. The highest BCUT2D eigenvalue weighted by Gasteiger charge is 2.20. The van der Waals surface area contributed by atoms with E-state index >= 15 is 0 Å². The summed E-state index contributed by atoms with van der Waals surface area (Å²) in [7, 11) is 0. The number of carboxylic acids is 2. The fourth-order valence-corrected chi connectivity index (χ4v) is 2.62. The van der Waals surface area contributed by atoms with Crippen LogP contribution < -0.4 is 11.5 Å². The van der Waals surface area contributed by atoms with Crippen molar-refractivity contribution in [2.75, 3.05) is 6.54 Å². The minimum Gasteiger partial charge on any atom is -0.480 e. The van der Waals surface area contributed by atoms with Gasteiger partial charge >= 0.3 is 11.9 Å². The summed E-state index contributed by atoms with van der Waals surface area (Å²) in [4.78, 5) is 19.8. The topological polar surface area (TPSA) is 127 Å². The van der Waals surface area contributed by atoms with Crippen molar-refractivity contribution in [1.82, 2.24) is 0 Å². The minimum atomic E-state index is -0.968. The summed E-state index contributed by atoms with van der Waals surface area (Å²) in [6, 6.07) is -0.677. The van der Waals surface area contributed by atoms with Crippen molar-refractivity contribution >= 4 is 11.9 Å². The number of carbonyl (C=O) groups is 2. The van der Waals surface area contributed by atoms with Gasteiger partial charge in [-0.1, -0.05) is 39.0 Å². The molecule has 0 radical (unpaired) electrons. The summed E-state index contributed by atoms with van der Waals surface area (Å²) >= 11 is 0. The largest absolute Gasteiger partial charge is 0.480 e. The first-order chi connectivity index (χ1) is 9.36. The summed E-state index contributed by atoms with van der Waals surface area (Å²) in [5.41, 5.74) is 10.1. The van der Waals surface area contributed by atoms with Crippen molar-refractivity contribution in [3.8, 4) is 0 Å². The lowest BCUT2D eigenvalue weighted by molar-refractivity contribution is -0.139. The fourth-order valence-electron chi connectivity index (χ4n) is 2.62. The van der Waals surface area contributed by atoms with Crippen LogP contribution in [0.5, 0.6) is 0 Å². The Hall–Kier alpha value is -1.14. The Kier molecular flexibility index (Phi) is 10.0. The second kappa shape index (κ2) is 10.6. The van der Waals surface area contributed by atoms with E-state index in [0.717, 1.165) is 12.3 Å². The van der Waals surface area contributed by atoms with Crippen molar-refractivity contribution < 1.29 is 19.8 Å². The van der Waals surface area contributed by atoms with E-state index in [0.29, 0.717) is 12.3 Å².